The van der Waals surface area contributed by atoms with Crippen LogP contribution in [0.1, 0.15) is 51.8 Å². The number of anilines is 3. The number of piperidine rings is 1. The number of halogens is 6. The van der Waals surface area contributed by atoms with Gasteiger partial charge in [-0.05, 0) is 63.8 Å². The summed E-state index contributed by atoms with van der Waals surface area (Å²) in [5, 5.41) is 6.66. The standard InChI is InChI=1S/C31H36ClF5N8O4/c1-5-22-24(41-12-14-43(15-13-41)29(48)49-30(2,3)4)26(47)45-28(39-27(40-45)42-10-8-18(9-11-42)25(33)34)44(22)17-23(46)38-21-7-6-19(16-20(21)32)31(35,36)37/h6-7,16H,5,8-15,17H2,1-4H3,(H,38,46). The Bertz CT molecular complexity index is 1830. The van der Waals surface area contributed by atoms with Crippen molar-refractivity contribution in [1.29, 1.82) is 0 Å². The van der Waals surface area contributed by atoms with Gasteiger partial charge in [0.2, 0.25) is 17.6 Å². The summed E-state index contributed by atoms with van der Waals surface area (Å²) in [6.45, 7) is 8.05. The fourth-order valence-electron chi connectivity index (χ4n) is 5.78. The van der Waals surface area contributed by atoms with Crippen LogP contribution in [0.4, 0.5) is 44.1 Å². The summed E-state index contributed by atoms with van der Waals surface area (Å²) in [5.41, 5.74) is -1.53. The van der Waals surface area contributed by atoms with Crippen molar-refractivity contribution in [2.45, 2.75) is 65.3 Å². The van der Waals surface area contributed by atoms with E-state index in [-0.39, 0.29) is 92.2 Å². The first-order valence-corrected chi connectivity index (χ1v) is 16.0. The third-order valence-corrected chi connectivity index (χ3v) is 8.50. The van der Waals surface area contributed by atoms with Gasteiger partial charge in [0.25, 0.3) is 11.6 Å². The largest absolute Gasteiger partial charge is 0.444 e. The van der Waals surface area contributed by atoms with Gasteiger partial charge >= 0.3 is 12.3 Å². The van der Waals surface area contributed by atoms with Crippen LogP contribution >= 0.6 is 11.6 Å². The summed E-state index contributed by atoms with van der Waals surface area (Å²) >= 11 is 6.08. The van der Waals surface area contributed by atoms with Gasteiger partial charge < -0.3 is 29.3 Å². The molecule has 0 radical (unpaired) electrons. The first kappa shape index (κ1) is 35.9. The lowest BCUT2D eigenvalue weighted by atomic mass is 10.1. The van der Waals surface area contributed by atoms with E-state index >= 15 is 0 Å². The van der Waals surface area contributed by atoms with E-state index in [1.165, 1.54) is 4.57 Å². The van der Waals surface area contributed by atoms with E-state index in [0.29, 0.717) is 11.8 Å². The van der Waals surface area contributed by atoms with Gasteiger partial charge in [0, 0.05) is 39.3 Å². The molecule has 0 unspecified atom stereocenters. The second kappa shape index (κ2) is 13.8. The molecular formula is C31H36ClF5N8O4. The van der Waals surface area contributed by atoms with E-state index in [2.05, 4.69) is 15.4 Å². The third-order valence-electron chi connectivity index (χ3n) is 8.19. The Kier molecular flexibility index (Phi) is 10.1. The molecule has 266 valence electrons. The minimum absolute atomic E-state index is 0.0136. The zero-order valence-corrected chi connectivity index (χ0v) is 28.1. The monoisotopic (exact) mass is 714 g/mol. The molecule has 0 atom stereocenters. The minimum Gasteiger partial charge on any atom is -0.444 e. The second-order valence-electron chi connectivity index (χ2n) is 12.7. The summed E-state index contributed by atoms with van der Waals surface area (Å²) < 4.78 is 73.9. The van der Waals surface area contributed by atoms with Crippen LogP contribution in [0, 0.1) is 0 Å². The number of hydrogen-bond donors (Lipinski definition) is 1. The predicted molar refractivity (Wildman–Crippen MR) is 172 cm³/mol. The Morgan fingerprint density at radius 3 is 2.20 bits per heavy atom. The lowest BCUT2D eigenvalue weighted by molar-refractivity contribution is -0.137. The van der Waals surface area contributed by atoms with Crippen molar-refractivity contribution < 1.29 is 36.3 Å². The fourth-order valence-corrected chi connectivity index (χ4v) is 6.01. The number of nitrogens with zero attached hydrogens (tertiary/aromatic N) is 7. The molecule has 0 saturated carbocycles. The van der Waals surface area contributed by atoms with Crippen LogP contribution in [0.15, 0.2) is 34.6 Å². The SMILES string of the molecule is CCc1c(N2CCN(C(=O)OC(C)(C)C)CC2)c(=O)n2nc(N3CCC(=C(F)F)CC3)nc2n1CC(=O)Nc1ccc(C(F)(F)F)cc1Cl. The first-order chi connectivity index (χ1) is 23.0. The number of aromatic nitrogens is 4. The number of carbonyl (C=O) groups excluding carboxylic acids is 2. The molecule has 2 aromatic heterocycles. The van der Waals surface area contributed by atoms with Crippen LogP contribution in [0.2, 0.25) is 5.02 Å². The van der Waals surface area contributed by atoms with E-state index in [1.807, 2.05) is 0 Å². The number of alkyl halides is 3. The van der Waals surface area contributed by atoms with Crippen molar-refractivity contribution in [1.82, 2.24) is 24.1 Å². The molecular weight excluding hydrogens is 679 g/mol. The molecule has 4 heterocycles. The van der Waals surface area contributed by atoms with Crippen LogP contribution in [0.5, 0.6) is 0 Å². The smallest absolute Gasteiger partial charge is 0.416 e. The fraction of sp³-hybridized carbons (Fsp3) is 0.516. The molecule has 0 spiro atoms. The number of piperazine rings is 1. The van der Waals surface area contributed by atoms with Gasteiger partial charge in [-0.3, -0.25) is 9.59 Å². The molecule has 5 rings (SSSR count). The number of nitrogens with one attached hydrogen (secondary N) is 1. The normalized spacial score (nSPS) is 16.0. The van der Waals surface area contributed by atoms with E-state index < -0.39 is 47.5 Å². The Balaban J connectivity index is 1.51. The highest BCUT2D eigenvalue weighted by molar-refractivity contribution is 6.33. The lowest BCUT2D eigenvalue weighted by Crippen LogP contribution is -2.51. The van der Waals surface area contributed by atoms with Crippen LogP contribution in [-0.2, 0) is 28.7 Å². The number of ether oxygens (including phenoxy) is 1. The Labute approximate surface area is 283 Å². The molecule has 3 aromatic rings. The third kappa shape index (κ3) is 7.92. The average molecular weight is 715 g/mol. The van der Waals surface area contributed by atoms with E-state index in [1.54, 1.807) is 42.4 Å². The van der Waals surface area contributed by atoms with Gasteiger partial charge in [-0.15, -0.1) is 5.10 Å². The predicted octanol–water partition coefficient (Wildman–Crippen LogP) is 5.57. The Hall–Kier alpha value is -4.41. The number of carbonyl (C=O) groups is 2. The minimum atomic E-state index is -4.63. The van der Waals surface area contributed by atoms with Crippen LogP contribution in [0.25, 0.3) is 5.78 Å². The molecule has 1 N–H and O–H groups in total. The molecule has 49 heavy (non-hydrogen) atoms. The molecule has 12 nitrogen and oxygen atoms in total. The van der Waals surface area contributed by atoms with E-state index in [9.17, 15) is 36.3 Å². The maximum Gasteiger partial charge on any atom is 0.416 e. The highest BCUT2D eigenvalue weighted by atomic mass is 35.5. The van der Waals surface area contributed by atoms with Crippen molar-refractivity contribution in [3.63, 3.8) is 0 Å². The Morgan fingerprint density at radius 2 is 1.65 bits per heavy atom. The number of hydrogen-bond acceptors (Lipinski definition) is 8. The summed E-state index contributed by atoms with van der Waals surface area (Å²) in [4.78, 5) is 49.8. The van der Waals surface area contributed by atoms with Gasteiger partial charge in [0.1, 0.15) is 17.8 Å². The molecule has 2 amide bonds. The molecule has 2 saturated heterocycles. The highest BCUT2D eigenvalue weighted by Crippen LogP contribution is 2.34. The molecule has 18 heteroatoms. The lowest BCUT2D eigenvalue weighted by Gasteiger charge is -2.37. The maximum absolute atomic E-state index is 14.1. The number of benzene rings is 1. The first-order valence-electron chi connectivity index (χ1n) is 15.7. The summed E-state index contributed by atoms with van der Waals surface area (Å²) in [7, 11) is 0. The molecule has 0 bridgehead atoms. The topological polar surface area (TPSA) is 117 Å². The Morgan fingerprint density at radius 1 is 1.00 bits per heavy atom. The van der Waals surface area contributed by atoms with Crippen LogP contribution < -0.4 is 20.7 Å². The summed E-state index contributed by atoms with van der Waals surface area (Å²) in [6, 6.07) is 2.55. The van der Waals surface area contributed by atoms with Crippen molar-refractivity contribution in [3.8, 4) is 0 Å². The van der Waals surface area contributed by atoms with E-state index in [0.717, 1.165) is 16.6 Å². The molecule has 0 aliphatic carbocycles. The van der Waals surface area contributed by atoms with E-state index in [4.69, 9.17) is 16.3 Å². The van der Waals surface area contributed by atoms with Gasteiger partial charge in [-0.25, -0.2) is 4.79 Å². The maximum atomic E-state index is 14.1. The highest BCUT2D eigenvalue weighted by Gasteiger charge is 2.33. The molecule has 2 aliphatic rings. The van der Waals surface area contributed by atoms with Crippen molar-refractivity contribution in [3.05, 3.63) is 56.5 Å². The molecule has 2 aliphatic heterocycles. The van der Waals surface area contributed by atoms with Crippen molar-refractivity contribution in [2.75, 3.05) is 54.4 Å². The van der Waals surface area contributed by atoms with Gasteiger partial charge in [0.15, 0.2) is 0 Å². The zero-order valence-electron chi connectivity index (χ0n) is 27.3. The van der Waals surface area contributed by atoms with Gasteiger partial charge in [-0.1, -0.05) is 18.5 Å². The summed E-state index contributed by atoms with van der Waals surface area (Å²) in [5.74, 6) is -0.540. The van der Waals surface area contributed by atoms with Crippen molar-refractivity contribution >= 4 is 46.7 Å². The zero-order chi connectivity index (χ0) is 35.8. The van der Waals surface area contributed by atoms with Crippen LogP contribution in [0.3, 0.4) is 0 Å². The number of rotatable bonds is 6. The average Bonchev–Trinajstić information content (AvgIpc) is 3.48. The second-order valence-corrected chi connectivity index (χ2v) is 13.1. The van der Waals surface area contributed by atoms with Crippen LogP contribution in [-0.4, -0.2) is 80.9 Å². The number of amides is 2. The summed E-state index contributed by atoms with van der Waals surface area (Å²) in [6.07, 6.45) is -6.39. The van der Waals surface area contributed by atoms with Gasteiger partial charge in [0.05, 0.1) is 22.0 Å². The molecule has 1 aromatic carbocycles. The quantitative estimate of drug-likeness (QED) is 0.330. The van der Waals surface area contributed by atoms with Crippen molar-refractivity contribution in [2.24, 2.45) is 0 Å². The number of fused-ring (bicyclic) bond motifs is 1. The van der Waals surface area contributed by atoms with Gasteiger partial charge in [-0.2, -0.15) is 31.5 Å². The molecule has 2 fully saturated rings.